The molecule has 94 valence electrons. The summed E-state index contributed by atoms with van der Waals surface area (Å²) in [4.78, 5) is 22.1. The highest BCUT2D eigenvalue weighted by Gasteiger charge is 2.36. The van der Waals surface area contributed by atoms with Crippen molar-refractivity contribution in [2.45, 2.75) is 13.0 Å². The van der Waals surface area contributed by atoms with Gasteiger partial charge in [-0.3, -0.25) is 14.9 Å². The van der Waals surface area contributed by atoms with Crippen LogP contribution in [-0.4, -0.2) is 21.4 Å². The molecule has 0 fully saturated rings. The van der Waals surface area contributed by atoms with E-state index in [0.29, 0.717) is 6.20 Å². The third-order valence-electron chi connectivity index (χ3n) is 1.69. The third-order valence-corrected chi connectivity index (χ3v) is 1.69. The number of nitrogens with one attached hydrogen (secondary N) is 1. The summed E-state index contributed by atoms with van der Waals surface area (Å²) in [7, 11) is 0. The minimum absolute atomic E-state index is 0.410. The zero-order chi connectivity index (χ0) is 13.2. The van der Waals surface area contributed by atoms with Crippen molar-refractivity contribution in [2.24, 2.45) is 0 Å². The van der Waals surface area contributed by atoms with Crippen molar-refractivity contribution in [1.29, 1.82) is 0 Å². The molecule has 10 heteroatoms. The third kappa shape index (κ3) is 2.93. The van der Waals surface area contributed by atoms with Gasteiger partial charge in [0.05, 0.1) is 17.7 Å². The van der Waals surface area contributed by atoms with Crippen LogP contribution >= 0.6 is 0 Å². The number of halogens is 3. The first-order valence-corrected chi connectivity index (χ1v) is 4.02. The maximum absolute atomic E-state index is 11.9. The number of pyridine rings is 1. The Morgan fingerprint density at radius 3 is 2.53 bits per heavy atom. The van der Waals surface area contributed by atoms with Crippen LogP contribution in [0.2, 0.25) is 0 Å². The van der Waals surface area contributed by atoms with E-state index in [9.17, 15) is 28.1 Å². The van der Waals surface area contributed by atoms with Crippen LogP contribution in [0.15, 0.2) is 11.0 Å². The van der Waals surface area contributed by atoms with Gasteiger partial charge in [-0.15, -0.1) is 13.2 Å². The molecule has 1 aromatic rings. The Morgan fingerprint density at radius 2 is 2.12 bits per heavy atom. The highest BCUT2D eigenvalue weighted by Crippen LogP contribution is 2.32. The number of aliphatic hydroxyl groups excluding tert-OH is 1. The van der Waals surface area contributed by atoms with E-state index in [1.54, 1.807) is 4.98 Å². The molecule has 0 amide bonds. The van der Waals surface area contributed by atoms with E-state index in [4.69, 9.17) is 5.11 Å². The molecule has 1 rings (SSSR count). The number of aromatic amines is 1. The predicted octanol–water partition coefficient (Wildman–Crippen LogP) is 0.674. The molecule has 1 aromatic heterocycles. The van der Waals surface area contributed by atoms with Crippen molar-refractivity contribution in [3.63, 3.8) is 0 Å². The van der Waals surface area contributed by atoms with E-state index in [0.717, 1.165) is 0 Å². The molecule has 0 bridgehead atoms. The van der Waals surface area contributed by atoms with Gasteiger partial charge in [-0.1, -0.05) is 0 Å². The Morgan fingerprint density at radius 1 is 1.53 bits per heavy atom. The van der Waals surface area contributed by atoms with Gasteiger partial charge in [-0.2, -0.15) is 0 Å². The summed E-state index contributed by atoms with van der Waals surface area (Å²) < 4.78 is 39.1. The molecule has 0 saturated heterocycles. The Kier molecular flexibility index (Phi) is 3.36. The smallest absolute Gasteiger partial charge is 0.397 e. The summed E-state index contributed by atoms with van der Waals surface area (Å²) in [5.41, 5.74) is -3.08. The summed E-state index contributed by atoms with van der Waals surface area (Å²) in [5, 5.41) is 19.2. The molecule has 0 aliphatic heterocycles. The first-order valence-electron chi connectivity index (χ1n) is 4.02. The number of nitrogens with zero attached hydrogens (tertiary/aromatic N) is 1. The quantitative estimate of drug-likeness (QED) is 0.609. The van der Waals surface area contributed by atoms with Crippen LogP contribution < -0.4 is 10.3 Å². The lowest BCUT2D eigenvalue weighted by Gasteiger charge is -2.09. The monoisotopic (exact) mass is 254 g/mol. The number of nitro groups is 1. The average Bonchev–Trinajstić information content (AvgIpc) is 2.17. The normalized spacial score (nSPS) is 11.3. The van der Waals surface area contributed by atoms with Gasteiger partial charge in [-0.05, 0) is 0 Å². The second kappa shape index (κ2) is 4.41. The number of rotatable bonds is 3. The Labute approximate surface area is 90.6 Å². The van der Waals surface area contributed by atoms with Crippen molar-refractivity contribution in [2.75, 3.05) is 0 Å². The maximum Gasteiger partial charge on any atom is 0.573 e. The van der Waals surface area contributed by atoms with Crippen LogP contribution in [0, 0.1) is 10.1 Å². The number of hydrogen-bond donors (Lipinski definition) is 2. The van der Waals surface area contributed by atoms with Gasteiger partial charge in [-0.25, -0.2) is 0 Å². The lowest BCUT2D eigenvalue weighted by molar-refractivity contribution is -0.389. The zero-order valence-corrected chi connectivity index (χ0v) is 7.95. The molecular formula is C7H5F3N2O5. The van der Waals surface area contributed by atoms with Crippen LogP contribution in [0.3, 0.4) is 0 Å². The maximum atomic E-state index is 11.9. The Balaban J connectivity index is 3.41. The van der Waals surface area contributed by atoms with Gasteiger partial charge in [0.1, 0.15) is 5.56 Å². The first-order chi connectivity index (χ1) is 7.76. The second-order valence-corrected chi connectivity index (χ2v) is 2.77. The fourth-order valence-corrected chi connectivity index (χ4v) is 1.09. The SMILES string of the molecule is O=c1[nH]cc(OC(F)(F)F)c([N+](=O)[O-])c1CO. The fourth-order valence-electron chi connectivity index (χ4n) is 1.09. The number of hydrogen-bond acceptors (Lipinski definition) is 5. The van der Waals surface area contributed by atoms with Gasteiger partial charge in [0.25, 0.3) is 5.56 Å². The molecule has 2 N–H and O–H groups in total. The van der Waals surface area contributed by atoms with Gasteiger partial charge in [0.2, 0.25) is 5.75 Å². The highest BCUT2D eigenvalue weighted by molar-refractivity contribution is 5.50. The van der Waals surface area contributed by atoms with Gasteiger partial charge < -0.3 is 14.8 Å². The minimum Gasteiger partial charge on any atom is -0.397 e. The predicted molar refractivity (Wildman–Crippen MR) is 46.3 cm³/mol. The summed E-state index contributed by atoms with van der Waals surface area (Å²) in [6.45, 7) is -1.08. The van der Waals surface area contributed by atoms with Crippen molar-refractivity contribution in [3.05, 3.63) is 32.2 Å². The van der Waals surface area contributed by atoms with Crippen molar-refractivity contribution in [3.8, 4) is 5.75 Å². The van der Waals surface area contributed by atoms with E-state index in [-0.39, 0.29) is 0 Å². The minimum atomic E-state index is -5.14. The summed E-state index contributed by atoms with van der Waals surface area (Å²) in [6.07, 6.45) is -4.73. The molecular weight excluding hydrogens is 249 g/mol. The fraction of sp³-hybridized carbons (Fsp3) is 0.286. The van der Waals surface area contributed by atoms with E-state index in [1.165, 1.54) is 0 Å². The average molecular weight is 254 g/mol. The highest BCUT2D eigenvalue weighted by atomic mass is 19.4. The lowest BCUT2D eigenvalue weighted by atomic mass is 10.2. The number of aliphatic hydroxyl groups is 1. The van der Waals surface area contributed by atoms with E-state index in [2.05, 4.69) is 4.74 Å². The number of ether oxygens (including phenoxy) is 1. The van der Waals surface area contributed by atoms with E-state index >= 15 is 0 Å². The second-order valence-electron chi connectivity index (χ2n) is 2.77. The molecule has 7 nitrogen and oxygen atoms in total. The standard InChI is InChI=1S/C7H5F3N2O5/c8-7(9,10)17-4-1-11-6(14)3(2-13)5(4)12(15)16/h1,13H,2H2,(H,11,14). The molecule has 0 aliphatic rings. The van der Waals surface area contributed by atoms with Crippen LogP contribution in [0.5, 0.6) is 5.75 Å². The van der Waals surface area contributed by atoms with E-state index in [1.807, 2.05) is 0 Å². The van der Waals surface area contributed by atoms with Gasteiger partial charge >= 0.3 is 12.0 Å². The number of aromatic nitrogens is 1. The zero-order valence-electron chi connectivity index (χ0n) is 7.95. The summed E-state index contributed by atoms with van der Waals surface area (Å²) >= 11 is 0. The van der Waals surface area contributed by atoms with Crippen LogP contribution in [0.25, 0.3) is 0 Å². The largest absolute Gasteiger partial charge is 0.573 e. The lowest BCUT2D eigenvalue weighted by Crippen LogP contribution is -2.21. The molecule has 17 heavy (non-hydrogen) atoms. The summed E-state index contributed by atoms with van der Waals surface area (Å²) in [6, 6.07) is 0. The topological polar surface area (TPSA) is 105 Å². The molecule has 0 unspecified atom stereocenters. The van der Waals surface area contributed by atoms with Crippen molar-refractivity contribution >= 4 is 5.69 Å². The molecule has 0 radical (unpaired) electrons. The van der Waals surface area contributed by atoms with Crippen LogP contribution in [0.4, 0.5) is 18.9 Å². The van der Waals surface area contributed by atoms with Gasteiger partial charge in [0, 0.05) is 0 Å². The number of H-pyrrole nitrogens is 1. The molecule has 1 heterocycles. The molecule has 0 aliphatic carbocycles. The molecule has 0 aromatic carbocycles. The Hall–Kier alpha value is -2.10. The number of alkyl halides is 3. The van der Waals surface area contributed by atoms with Crippen molar-refractivity contribution in [1.82, 2.24) is 4.98 Å². The van der Waals surface area contributed by atoms with Crippen LogP contribution in [0.1, 0.15) is 5.56 Å². The molecule has 0 spiro atoms. The van der Waals surface area contributed by atoms with Crippen molar-refractivity contribution < 1.29 is 27.9 Å². The summed E-state index contributed by atoms with van der Waals surface area (Å²) in [5.74, 6) is -1.19. The van der Waals surface area contributed by atoms with Gasteiger partial charge in [0.15, 0.2) is 0 Å². The molecule has 0 atom stereocenters. The van der Waals surface area contributed by atoms with Crippen LogP contribution in [-0.2, 0) is 6.61 Å². The molecule has 0 saturated carbocycles. The Bertz CT molecular complexity index is 495. The van der Waals surface area contributed by atoms with E-state index < -0.39 is 40.5 Å². The first kappa shape index (κ1) is 13.0.